The first kappa shape index (κ1) is 41.1. The molecule has 7 heteroatoms. The van der Waals surface area contributed by atoms with Crippen molar-refractivity contribution in [1.82, 2.24) is 19.9 Å². The molecule has 3 aromatic heterocycles. The zero-order valence-electron chi connectivity index (χ0n) is 26.6. The predicted octanol–water partition coefficient (Wildman–Crippen LogP) is 8.24. The van der Waals surface area contributed by atoms with E-state index in [4.69, 9.17) is 0 Å². The average molecular weight is 523 g/mol. The van der Waals surface area contributed by atoms with Crippen LogP contribution in [-0.4, -0.2) is 45.2 Å². The molecule has 0 unspecified atom stereocenters. The quantitative estimate of drug-likeness (QED) is 0.306. The molecule has 0 aromatic carbocycles. The maximum Gasteiger partial charge on any atom is 0.131 e. The van der Waals surface area contributed by atoms with E-state index in [0.717, 1.165) is 11.5 Å². The van der Waals surface area contributed by atoms with Crippen molar-refractivity contribution in [2.45, 2.75) is 119 Å². The van der Waals surface area contributed by atoms with Crippen LogP contribution < -0.4 is 0 Å². The van der Waals surface area contributed by atoms with E-state index >= 15 is 0 Å². The van der Waals surface area contributed by atoms with Gasteiger partial charge in [-0.15, -0.1) is 0 Å². The molecule has 0 saturated carbocycles. The van der Waals surface area contributed by atoms with Crippen LogP contribution in [0.1, 0.15) is 153 Å². The molecule has 0 saturated heterocycles. The topological polar surface area (TPSA) is 51.6 Å². The van der Waals surface area contributed by atoms with E-state index < -0.39 is 0 Å². The molecule has 0 spiro atoms. The number of rotatable bonds is 6. The van der Waals surface area contributed by atoms with Crippen molar-refractivity contribution in [2.75, 3.05) is 0 Å². The maximum absolute atomic E-state index is 4.46. The molecule has 0 aliphatic rings. The Balaban J connectivity index is -0.000000480. The van der Waals surface area contributed by atoms with Gasteiger partial charge in [-0.25, -0.2) is 9.97 Å². The first-order chi connectivity index (χ1) is 16.8. The average Bonchev–Trinajstić information content (AvgIpc) is 2.85. The Morgan fingerprint density at radius 1 is 0.410 bits per heavy atom. The lowest BCUT2D eigenvalue weighted by Gasteiger charge is -2.08. The third kappa shape index (κ3) is 15.1. The third-order valence-corrected chi connectivity index (χ3v) is 5.93. The van der Waals surface area contributed by atoms with Gasteiger partial charge in [0.1, 0.15) is 5.82 Å². The minimum Gasteiger partial charge on any atom is -0.261 e. The summed E-state index contributed by atoms with van der Waals surface area (Å²) in [5.74, 6) is 4.12. The van der Waals surface area contributed by atoms with Crippen molar-refractivity contribution >= 4 is 25.2 Å². The summed E-state index contributed by atoms with van der Waals surface area (Å²) in [7, 11) is 0. The second-order valence-electron chi connectivity index (χ2n) is 11.3. The molecular formula is C32H50B3N4. The second kappa shape index (κ2) is 20.5. The van der Waals surface area contributed by atoms with Gasteiger partial charge in [0.25, 0.3) is 0 Å². The summed E-state index contributed by atoms with van der Waals surface area (Å²) < 4.78 is 0. The summed E-state index contributed by atoms with van der Waals surface area (Å²) in [6.07, 6.45) is 5.66. The first-order valence-corrected chi connectivity index (χ1v) is 13.6. The van der Waals surface area contributed by atoms with Crippen molar-refractivity contribution in [2.24, 2.45) is 0 Å². The number of pyridine rings is 2. The molecule has 0 amide bonds. The lowest BCUT2D eigenvalue weighted by molar-refractivity contribution is 0.729. The standard InChI is InChI=1S/2C11H17N.C10H16N2.3B/c2*1-8(2)10-5-6-12-11(7-10)9(3)4;1-7(2)9-5-6-11-10(12-9)8(3)4;;;/h2*5-9H,1-4H3;5-8H,1-4H3;;;. The van der Waals surface area contributed by atoms with Gasteiger partial charge in [0.15, 0.2) is 0 Å². The SMILES string of the molecule is CC(C)c1ccnc(C(C)C)c1.CC(C)c1ccnc(C(C)C)c1.CC(C)c1ccnc(C(C)C)n1.[B].[B].[B]. The van der Waals surface area contributed by atoms with E-state index in [0.29, 0.717) is 35.5 Å². The summed E-state index contributed by atoms with van der Waals surface area (Å²) in [5.41, 5.74) is 6.29. The van der Waals surface area contributed by atoms with Crippen LogP contribution in [0.25, 0.3) is 0 Å². The molecule has 3 rings (SSSR count). The van der Waals surface area contributed by atoms with Crippen LogP contribution in [0.3, 0.4) is 0 Å². The lowest BCUT2D eigenvalue weighted by Crippen LogP contribution is -2.01. The number of hydrogen-bond donors (Lipinski definition) is 0. The Morgan fingerprint density at radius 2 is 0.769 bits per heavy atom. The minimum atomic E-state index is 0. The van der Waals surface area contributed by atoms with Crippen LogP contribution in [-0.2, 0) is 0 Å². The van der Waals surface area contributed by atoms with Crippen molar-refractivity contribution in [3.05, 3.63) is 83.0 Å². The molecule has 0 aliphatic carbocycles. The van der Waals surface area contributed by atoms with Crippen LogP contribution in [0, 0.1) is 0 Å². The smallest absolute Gasteiger partial charge is 0.131 e. The summed E-state index contributed by atoms with van der Waals surface area (Å²) in [6, 6.07) is 10.6. The molecule has 207 valence electrons. The van der Waals surface area contributed by atoms with Gasteiger partial charge in [-0.05, 0) is 71.0 Å². The normalized spacial score (nSPS) is 10.3. The Bertz CT molecular complexity index is 833. The fourth-order valence-corrected chi connectivity index (χ4v) is 3.27. The summed E-state index contributed by atoms with van der Waals surface area (Å²) in [6.45, 7) is 26.0. The van der Waals surface area contributed by atoms with Crippen LogP contribution in [0.15, 0.2) is 48.9 Å². The number of aromatic nitrogens is 4. The second-order valence-corrected chi connectivity index (χ2v) is 11.3. The van der Waals surface area contributed by atoms with E-state index in [2.05, 4.69) is 127 Å². The molecule has 0 N–H and O–H groups in total. The van der Waals surface area contributed by atoms with Crippen molar-refractivity contribution in [3.63, 3.8) is 0 Å². The molecule has 0 aliphatic heterocycles. The van der Waals surface area contributed by atoms with Gasteiger partial charge in [-0.3, -0.25) is 9.97 Å². The van der Waals surface area contributed by atoms with Crippen LogP contribution in [0.4, 0.5) is 0 Å². The highest BCUT2D eigenvalue weighted by Crippen LogP contribution is 2.19. The number of nitrogens with zero attached hydrogens (tertiary/aromatic N) is 4. The monoisotopic (exact) mass is 523 g/mol. The minimum absolute atomic E-state index is 0. The van der Waals surface area contributed by atoms with Gasteiger partial charge in [0.2, 0.25) is 0 Å². The highest BCUT2D eigenvalue weighted by atomic mass is 14.9. The van der Waals surface area contributed by atoms with E-state index in [1.807, 2.05) is 24.7 Å². The van der Waals surface area contributed by atoms with Crippen LogP contribution in [0.5, 0.6) is 0 Å². The van der Waals surface area contributed by atoms with Crippen molar-refractivity contribution in [3.8, 4) is 0 Å². The van der Waals surface area contributed by atoms with Gasteiger partial charge >= 0.3 is 0 Å². The first-order valence-electron chi connectivity index (χ1n) is 13.6. The molecule has 0 bridgehead atoms. The molecule has 3 aromatic rings. The number of hydrogen-bond acceptors (Lipinski definition) is 4. The summed E-state index contributed by atoms with van der Waals surface area (Å²) in [5, 5.41) is 0. The van der Waals surface area contributed by atoms with E-state index in [1.165, 1.54) is 22.5 Å². The molecule has 3 heterocycles. The van der Waals surface area contributed by atoms with Gasteiger partial charge < -0.3 is 0 Å². The van der Waals surface area contributed by atoms with Crippen molar-refractivity contribution < 1.29 is 0 Å². The van der Waals surface area contributed by atoms with Crippen LogP contribution in [0.2, 0.25) is 0 Å². The predicted molar refractivity (Wildman–Crippen MR) is 172 cm³/mol. The summed E-state index contributed by atoms with van der Waals surface area (Å²) in [4.78, 5) is 17.3. The third-order valence-electron chi connectivity index (χ3n) is 5.93. The highest BCUT2D eigenvalue weighted by molar-refractivity contribution is 5.76. The van der Waals surface area contributed by atoms with Gasteiger partial charge in [-0.1, -0.05) is 83.1 Å². The van der Waals surface area contributed by atoms with Gasteiger partial charge in [0, 0.05) is 66.8 Å². The fraction of sp³-hybridized carbons (Fsp3) is 0.562. The molecular weight excluding hydrogens is 473 g/mol. The van der Waals surface area contributed by atoms with Gasteiger partial charge in [-0.2, -0.15) is 0 Å². The Labute approximate surface area is 246 Å². The Morgan fingerprint density at radius 3 is 1.08 bits per heavy atom. The molecule has 39 heavy (non-hydrogen) atoms. The van der Waals surface area contributed by atoms with E-state index in [9.17, 15) is 0 Å². The zero-order chi connectivity index (χ0) is 27.4. The highest BCUT2D eigenvalue weighted by Gasteiger charge is 2.06. The molecule has 4 nitrogen and oxygen atoms in total. The Kier molecular flexibility index (Phi) is 21.6. The van der Waals surface area contributed by atoms with E-state index in [1.54, 1.807) is 0 Å². The van der Waals surface area contributed by atoms with Gasteiger partial charge in [0.05, 0.1) is 0 Å². The molecule has 9 radical (unpaired) electrons. The fourth-order valence-electron chi connectivity index (χ4n) is 3.27. The molecule has 0 atom stereocenters. The zero-order valence-corrected chi connectivity index (χ0v) is 26.6. The Hall–Kier alpha value is -2.43. The summed E-state index contributed by atoms with van der Waals surface area (Å²) >= 11 is 0. The van der Waals surface area contributed by atoms with E-state index in [-0.39, 0.29) is 25.2 Å². The molecule has 0 fully saturated rings. The van der Waals surface area contributed by atoms with Crippen LogP contribution >= 0.6 is 0 Å². The lowest BCUT2D eigenvalue weighted by atomic mass is 10.0. The maximum atomic E-state index is 4.46. The largest absolute Gasteiger partial charge is 0.261 e. The van der Waals surface area contributed by atoms with Crippen molar-refractivity contribution in [1.29, 1.82) is 0 Å².